The summed E-state index contributed by atoms with van der Waals surface area (Å²) in [5, 5.41) is 11.1. The number of para-hydroxylation sites is 1. The van der Waals surface area contributed by atoms with Crippen molar-refractivity contribution in [3.63, 3.8) is 0 Å². The maximum atomic E-state index is 15.0. The van der Waals surface area contributed by atoms with Crippen molar-refractivity contribution in [3.05, 3.63) is 172 Å². The third-order valence-electron chi connectivity index (χ3n) is 15.7. The van der Waals surface area contributed by atoms with E-state index in [9.17, 15) is 62.3 Å². The second-order valence-electron chi connectivity index (χ2n) is 21.2. The number of hydrogen-bond acceptors (Lipinski definition) is 11. The smallest absolute Gasteiger partial charge is 0.370 e. The number of piperidine rings is 1. The molecule has 1 fully saturated rings. The molecule has 0 spiro atoms. The van der Waals surface area contributed by atoms with Gasteiger partial charge in [-0.3, -0.25) is 67.3 Å². The SMILES string of the molecule is NC(=O)CC[C@H](NC(=O)[C@@H]1Cc2cccc3c2N1C(=O)[C@@H](NC(=O)c1cc2cc(C(=O)P(=O)(O)O)ccc2n1C(=O)CCCCCC#Cc1cccc2c1CN(C1CCC(=O)NC1=O)C2=O)CC3)C(=O)NC(c1ccccc1)c1ccccc1. The predicted molar refractivity (Wildman–Crippen MR) is 306 cm³/mol. The Kier molecular flexibility index (Phi) is 17.0. The molecule has 0 bridgehead atoms. The molecule has 1 saturated heterocycles. The Morgan fingerprint density at radius 1 is 0.774 bits per heavy atom. The van der Waals surface area contributed by atoms with E-state index in [1.165, 1.54) is 28.0 Å². The number of nitrogens with one attached hydrogen (secondary N) is 4. The average molecular weight is 1160 g/mol. The minimum absolute atomic E-state index is 0.0528. The van der Waals surface area contributed by atoms with Gasteiger partial charge in [0.05, 0.1) is 17.2 Å². The number of carbonyl (C=O) groups is 10. The zero-order valence-corrected chi connectivity index (χ0v) is 46.3. The molecule has 1 unspecified atom stereocenters. The number of carbonyl (C=O) groups excluding carboxylic acids is 10. The second kappa shape index (κ2) is 24.6. The zero-order chi connectivity index (χ0) is 59.4. The lowest BCUT2D eigenvalue weighted by Crippen LogP contribution is -2.57. The van der Waals surface area contributed by atoms with Gasteiger partial charge in [0.2, 0.25) is 41.4 Å². The van der Waals surface area contributed by atoms with Crippen molar-refractivity contribution in [1.29, 1.82) is 0 Å². The highest BCUT2D eigenvalue weighted by Gasteiger charge is 2.46. The molecule has 22 heteroatoms. The number of nitrogens with two attached hydrogens (primary N) is 1. The molecule has 0 radical (unpaired) electrons. The molecule has 10 rings (SSSR count). The van der Waals surface area contributed by atoms with Crippen LogP contribution < -0.4 is 31.9 Å². The minimum atomic E-state index is -5.24. The normalized spacial score (nSPS) is 17.6. The molecular weight excluding hydrogens is 1100 g/mol. The van der Waals surface area contributed by atoms with Gasteiger partial charge in [-0.2, -0.15) is 0 Å². The van der Waals surface area contributed by atoms with Gasteiger partial charge in [0.25, 0.3) is 17.3 Å². The number of imide groups is 1. The van der Waals surface area contributed by atoms with E-state index in [1.807, 2.05) is 66.7 Å². The molecule has 8 N–H and O–H groups in total. The number of anilines is 1. The molecule has 8 amide bonds. The summed E-state index contributed by atoms with van der Waals surface area (Å²) >= 11 is 0. The predicted octanol–water partition coefficient (Wildman–Crippen LogP) is 5.02. The fourth-order valence-corrected chi connectivity index (χ4v) is 12.0. The second-order valence-corrected chi connectivity index (χ2v) is 22.7. The lowest BCUT2D eigenvalue weighted by Gasteiger charge is -2.30. The standard InChI is InChI=1S/C62H59N8O13P/c63-51(71)30-27-45(56(74)67-54(37-15-7-4-8-16-37)38-17-9-5-10-18-38)64-59(77)50-33-40-21-12-20-39-24-26-46(61(79)70(50)55(39)40)65-58(76)49-34-42-32-41(62(80)84(81,82)83)25-28-47(42)69(49)53(73)23-11-3-1-2-6-14-36-19-13-22-43-44(36)35-68(60(43)78)48-29-31-52(72)66-57(48)75/h4-5,7-10,12-13,15-22,25,28,32,34,45-46,48,50,54H,1-3,11,23-24,26-27,29-31,33,35H2,(H2,63,71)(H,64,77)(H,65,76)(H,67,74)(H,66,72,75)(H2,81,82,83)/t45-,46-,48?,50-/m0/s1. The summed E-state index contributed by atoms with van der Waals surface area (Å²) in [6, 6.07) is 28.8. The van der Waals surface area contributed by atoms with Crippen LogP contribution in [0.15, 0.2) is 121 Å². The fourth-order valence-electron chi connectivity index (χ4n) is 11.5. The summed E-state index contributed by atoms with van der Waals surface area (Å²) < 4.78 is 13.2. The van der Waals surface area contributed by atoms with Crippen molar-refractivity contribution in [2.75, 3.05) is 4.90 Å². The summed E-state index contributed by atoms with van der Waals surface area (Å²) in [5.74, 6) is 1.03. The monoisotopic (exact) mass is 1150 g/mol. The quantitative estimate of drug-likeness (QED) is 0.0243. The Morgan fingerprint density at radius 2 is 1.49 bits per heavy atom. The van der Waals surface area contributed by atoms with E-state index in [-0.39, 0.29) is 91.9 Å². The van der Waals surface area contributed by atoms with E-state index in [2.05, 4.69) is 33.1 Å². The molecule has 5 aromatic carbocycles. The van der Waals surface area contributed by atoms with Crippen molar-refractivity contribution in [3.8, 4) is 11.8 Å². The maximum Gasteiger partial charge on any atom is 0.396 e. The number of amides is 8. The lowest BCUT2D eigenvalue weighted by molar-refractivity contribution is -0.137. The average Bonchev–Trinajstić information content (AvgIpc) is 2.32. The van der Waals surface area contributed by atoms with Crippen LogP contribution >= 0.6 is 7.60 Å². The lowest BCUT2D eigenvalue weighted by atomic mass is 9.98. The van der Waals surface area contributed by atoms with Gasteiger partial charge in [0.1, 0.15) is 29.9 Å². The highest BCUT2D eigenvalue weighted by atomic mass is 31.2. The molecule has 1 aromatic heterocycles. The van der Waals surface area contributed by atoms with Gasteiger partial charge in [-0.05, 0) is 103 Å². The molecule has 4 aliphatic rings. The van der Waals surface area contributed by atoms with Crippen molar-refractivity contribution in [1.82, 2.24) is 30.7 Å². The van der Waals surface area contributed by atoms with Gasteiger partial charge in [-0.15, -0.1) is 0 Å². The van der Waals surface area contributed by atoms with Crippen molar-refractivity contribution >= 4 is 82.9 Å². The van der Waals surface area contributed by atoms with E-state index in [4.69, 9.17) is 5.73 Å². The van der Waals surface area contributed by atoms with E-state index >= 15 is 0 Å². The number of hydrogen-bond donors (Lipinski definition) is 7. The van der Waals surface area contributed by atoms with Crippen LogP contribution in [-0.4, -0.2) is 102 Å². The number of unbranched alkanes of at least 4 members (excludes halogenated alkanes) is 3. The Morgan fingerprint density at radius 3 is 2.19 bits per heavy atom. The number of primary amides is 1. The molecule has 430 valence electrons. The summed E-state index contributed by atoms with van der Waals surface area (Å²) in [5.41, 5.74) is 8.82. The van der Waals surface area contributed by atoms with E-state index in [0.29, 0.717) is 53.6 Å². The number of aryl methyl sites for hydroxylation is 1. The summed E-state index contributed by atoms with van der Waals surface area (Å²) in [6.07, 6.45) is 2.15. The summed E-state index contributed by atoms with van der Waals surface area (Å²) in [7, 11) is -5.24. The number of benzene rings is 5. The van der Waals surface area contributed by atoms with Crippen molar-refractivity contribution in [2.45, 2.75) is 114 Å². The third-order valence-corrected chi connectivity index (χ3v) is 16.5. The van der Waals surface area contributed by atoms with Crippen LogP contribution in [0.5, 0.6) is 0 Å². The number of fused-ring (bicyclic) bond motifs is 2. The largest absolute Gasteiger partial charge is 0.396 e. The zero-order valence-electron chi connectivity index (χ0n) is 45.4. The molecule has 21 nitrogen and oxygen atoms in total. The van der Waals surface area contributed by atoms with E-state index < -0.39 is 84.7 Å². The first-order chi connectivity index (χ1) is 40.4. The number of nitrogens with zero attached hydrogens (tertiary/aromatic N) is 3. The molecule has 0 saturated carbocycles. The summed E-state index contributed by atoms with van der Waals surface area (Å²) in [6.45, 7) is 0.171. The maximum absolute atomic E-state index is 15.0. The van der Waals surface area contributed by atoms with Crippen molar-refractivity contribution in [2.24, 2.45) is 5.73 Å². The molecule has 0 aliphatic carbocycles. The Balaban J connectivity index is 0.844. The van der Waals surface area contributed by atoms with Crippen LogP contribution in [0.1, 0.15) is 140 Å². The summed E-state index contributed by atoms with van der Waals surface area (Å²) in [4.78, 5) is 158. The van der Waals surface area contributed by atoms with Gasteiger partial charge in [-0.25, -0.2) is 0 Å². The first-order valence-electron chi connectivity index (χ1n) is 27.6. The van der Waals surface area contributed by atoms with Crippen LogP contribution in [0.3, 0.4) is 0 Å². The molecule has 5 heterocycles. The van der Waals surface area contributed by atoms with Crippen molar-refractivity contribution < 1.29 is 62.3 Å². The Bertz CT molecular complexity index is 3770. The first-order valence-corrected chi connectivity index (χ1v) is 29.3. The Labute approximate surface area is 481 Å². The Hall–Kier alpha value is -9.35. The highest BCUT2D eigenvalue weighted by Crippen LogP contribution is 2.41. The third kappa shape index (κ3) is 12.2. The van der Waals surface area contributed by atoms with Gasteiger partial charge < -0.3 is 36.4 Å². The van der Waals surface area contributed by atoms with Gasteiger partial charge in [0, 0.05) is 60.7 Å². The van der Waals surface area contributed by atoms with Gasteiger partial charge in [-0.1, -0.05) is 103 Å². The van der Waals surface area contributed by atoms with Gasteiger partial charge >= 0.3 is 7.60 Å². The highest BCUT2D eigenvalue weighted by molar-refractivity contribution is 7.70. The molecule has 6 aromatic rings. The molecular formula is C62H59N8O13P. The molecule has 84 heavy (non-hydrogen) atoms. The first kappa shape index (κ1) is 57.9. The minimum Gasteiger partial charge on any atom is -0.370 e. The topological polar surface area (TPSA) is 314 Å². The van der Waals surface area contributed by atoms with Crippen LogP contribution in [0.2, 0.25) is 0 Å². The van der Waals surface area contributed by atoms with Crippen LogP contribution in [0.4, 0.5) is 5.69 Å². The van der Waals surface area contributed by atoms with Crippen LogP contribution in [-0.2, 0) is 52.7 Å². The number of rotatable bonds is 19. The fraction of sp³-hybridized carbons (Fsp3) is 0.290. The van der Waals surface area contributed by atoms with Gasteiger partial charge in [0.15, 0.2) is 0 Å². The molecule has 4 aliphatic heterocycles. The molecule has 4 atom stereocenters. The van der Waals surface area contributed by atoms with E-state index in [1.54, 1.807) is 30.3 Å². The van der Waals surface area contributed by atoms with Crippen LogP contribution in [0, 0.1) is 11.8 Å². The van der Waals surface area contributed by atoms with E-state index in [0.717, 1.165) is 27.3 Å². The number of aromatic nitrogens is 1. The van der Waals surface area contributed by atoms with Crippen LogP contribution in [0.25, 0.3) is 10.9 Å².